The van der Waals surface area contributed by atoms with E-state index in [1.807, 2.05) is 18.2 Å². The highest BCUT2D eigenvalue weighted by molar-refractivity contribution is 6.24. The number of nitro groups is 1. The molecule has 0 radical (unpaired) electrons. The van der Waals surface area contributed by atoms with Crippen LogP contribution in [0, 0.1) is 27.8 Å². The molecule has 2 saturated heterocycles. The minimum absolute atomic E-state index is 0.0701. The van der Waals surface area contributed by atoms with Crippen molar-refractivity contribution in [2.24, 2.45) is 16.9 Å². The summed E-state index contributed by atoms with van der Waals surface area (Å²) in [5, 5.41) is 17.3. The summed E-state index contributed by atoms with van der Waals surface area (Å²) in [5.41, 5.74) is 1.50. The number of imide groups is 1. The molecule has 6 rings (SSSR count). The molecule has 0 saturated carbocycles. The predicted molar refractivity (Wildman–Crippen MR) is 126 cm³/mol. The van der Waals surface area contributed by atoms with Gasteiger partial charge in [0.15, 0.2) is 5.78 Å². The van der Waals surface area contributed by atoms with Gasteiger partial charge in [-0.1, -0.05) is 30.3 Å². The molecule has 3 aromatic carbocycles. The second-order valence-electron chi connectivity index (χ2n) is 8.85. The van der Waals surface area contributed by atoms with Gasteiger partial charge in [0.2, 0.25) is 11.8 Å². The molecule has 2 fully saturated rings. The van der Waals surface area contributed by atoms with Crippen molar-refractivity contribution in [2.75, 3.05) is 4.90 Å². The fraction of sp³-hybridized carbons (Fsp3) is 0.154. The predicted octanol–water partition coefficient (Wildman–Crippen LogP) is 3.50. The molecule has 3 aliphatic heterocycles. The maximum absolute atomic E-state index is 13.8. The Balaban J connectivity index is 1.49. The zero-order chi connectivity index (χ0) is 25.1. The number of hydrogen-bond donors (Lipinski definition) is 0. The Bertz CT molecular complexity index is 1490. The van der Waals surface area contributed by atoms with E-state index in [1.165, 1.54) is 41.4 Å². The number of halogens is 1. The number of carbonyl (C=O) groups is 3. The molecular weight excluding hydrogens is 467 g/mol. The van der Waals surface area contributed by atoms with Crippen molar-refractivity contribution >= 4 is 35.2 Å². The molecule has 0 N–H and O–H groups in total. The lowest BCUT2D eigenvalue weighted by molar-refractivity contribution is -0.384. The fourth-order valence-corrected chi connectivity index (χ4v) is 5.45. The summed E-state index contributed by atoms with van der Waals surface area (Å²) in [6, 6.07) is 15.7. The van der Waals surface area contributed by atoms with Gasteiger partial charge in [-0.05, 0) is 41.5 Å². The lowest BCUT2D eigenvalue weighted by Crippen LogP contribution is -2.44. The molecular formula is C26H17FN4O5. The average molecular weight is 484 g/mol. The van der Waals surface area contributed by atoms with Crippen LogP contribution >= 0.6 is 0 Å². The van der Waals surface area contributed by atoms with Gasteiger partial charge in [-0.2, -0.15) is 5.10 Å². The Hall–Kier alpha value is -4.73. The molecule has 178 valence electrons. The maximum atomic E-state index is 13.8. The molecule has 0 aromatic heterocycles. The SMILES string of the molecule is O=C(c1ccc(F)cc1)[C@H]1[C@H]2C(=O)N(c3cccc([N+](=O)[O-])c3)C(=O)[C@@H]2[C@H]2c3ccccc3C=NN21. The molecule has 0 spiro atoms. The fourth-order valence-electron chi connectivity index (χ4n) is 5.45. The van der Waals surface area contributed by atoms with E-state index in [1.54, 1.807) is 12.3 Å². The first kappa shape index (κ1) is 21.8. The Labute approximate surface area is 203 Å². The molecule has 0 aliphatic carbocycles. The third-order valence-corrected chi connectivity index (χ3v) is 6.99. The number of anilines is 1. The van der Waals surface area contributed by atoms with Crippen LogP contribution in [0.5, 0.6) is 0 Å². The second kappa shape index (κ2) is 7.91. The highest BCUT2D eigenvalue weighted by Gasteiger charge is 2.65. The number of benzene rings is 3. The van der Waals surface area contributed by atoms with Crippen LogP contribution in [0.25, 0.3) is 0 Å². The summed E-state index contributed by atoms with van der Waals surface area (Å²) in [6.07, 6.45) is 1.59. The number of hydrogen-bond acceptors (Lipinski definition) is 7. The van der Waals surface area contributed by atoms with E-state index in [-0.39, 0.29) is 16.9 Å². The summed E-state index contributed by atoms with van der Waals surface area (Å²) in [5.74, 6) is -4.18. The number of Topliss-reactive ketones (excluding diaryl/α,β-unsaturated/α-hetero) is 1. The molecule has 0 unspecified atom stereocenters. The van der Waals surface area contributed by atoms with Crippen LogP contribution in [0.15, 0.2) is 77.9 Å². The number of rotatable bonds is 4. The van der Waals surface area contributed by atoms with E-state index in [4.69, 9.17) is 0 Å². The number of fused-ring (bicyclic) bond motifs is 5. The molecule has 9 nitrogen and oxygen atoms in total. The average Bonchev–Trinajstić information content (AvgIpc) is 3.36. The van der Waals surface area contributed by atoms with Crippen molar-refractivity contribution in [3.63, 3.8) is 0 Å². The van der Waals surface area contributed by atoms with Crippen molar-refractivity contribution in [1.82, 2.24) is 5.01 Å². The lowest BCUT2D eigenvalue weighted by atomic mass is 9.83. The number of ketones is 1. The van der Waals surface area contributed by atoms with Gasteiger partial charge in [0.25, 0.3) is 5.69 Å². The number of non-ortho nitro benzene ring substituents is 1. The van der Waals surface area contributed by atoms with Gasteiger partial charge in [-0.15, -0.1) is 0 Å². The van der Waals surface area contributed by atoms with Crippen molar-refractivity contribution < 1.29 is 23.7 Å². The van der Waals surface area contributed by atoms with E-state index in [0.29, 0.717) is 0 Å². The summed E-state index contributed by atoms with van der Waals surface area (Å²) in [7, 11) is 0. The monoisotopic (exact) mass is 484 g/mol. The number of amides is 2. The molecule has 2 amide bonds. The zero-order valence-electron chi connectivity index (χ0n) is 18.5. The van der Waals surface area contributed by atoms with Gasteiger partial charge >= 0.3 is 0 Å². The molecule has 10 heteroatoms. The minimum atomic E-state index is -1.12. The van der Waals surface area contributed by atoms with Crippen molar-refractivity contribution in [2.45, 2.75) is 12.1 Å². The molecule has 3 aliphatic rings. The number of carbonyl (C=O) groups excluding carboxylic acids is 3. The topological polar surface area (TPSA) is 113 Å². The first-order valence-corrected chi connectivity index (χ1v) is 11.2. The van der Waals surface area contributed by atoms with E-state index in [0.717, 1.165) is 28.2 Å². The summed E-state index contributed by atoms with van der Waals surface area (Å²) in [4.78, 5) is 52.9. The van der Waals surface area contributed by atoms with Gasteiger partial charge < -0.3 is 0 Å². The molecule has 3 heterocycles. The van der Waals surface area contributed by atoms with E-state index in [2.05, 4.69) is 5.10 Å². The number of nitrogens with zero attached hydrogens (tertiary/aromatic N) is 4. The van der Waals surface area contributed by atoms with Gasteiger partial charge in [-0.3, -0.25) is 29.5 Å². The quantitative estimate of drug-likeness (QED) is 0.242. The van der Waals surface area contributed by atoms with Crippen molar-refractivity contribution in [3.8, 4) is 0 Å². The smallest absolute Gasteiger partial charge is 0.271 e. The van der Waals surface area contributed by atoms with Crippen LogP contribution in [-0.2, 0) is 9.59 Å². The molecule has 4 atom stereocenters. The van der Waals surface area contributed by atoms with Crippen molar-refractivity contribution in [1.29, 1.82) is 0 Å². The van der Waals surface area contributed by atoms with E-state index < -0.39 is 52.3 Å². The van der Waals surface area contributed by atoms with Crippen LogP contribution in [0.3, 0.4) is 0 Å². The van der Waals surface area contributed by atoms with Crippen molar-refractivity contribution in [3.05, 3.63) is 105 Å². The normalized spacial score (nSPS) is 23.9. The molecule has 0 bridgehead atoms. The van der Waals surface area contributed by atoms with Gasteiger partial charge in [-0.25, -0.2) is 9.29 Å². The van der Waals surface area contributed by atoms with Crippen LogP contribution in [0.2, 0.25) is 0 Å². The van der Waals surface area contributed by atoms with Gasteiger partial charge in [0.05, 0.1) is 34.7 Å². The Kier molecular flexibility index (Phi) is 4.78. The Morgan fingerprint density at radius 2 is 1.67 bits per heavy atom. The van der Waals surface area contributed by atoms with Crippen LogP contribution in [0.1, 0.15) is 27.5 Å². The lowest BCUT2D eigenvalue weighted by Gasteiger charge is -2.33. The molecule has 3 aromatic rings. The summed E-state index contributed by atoms with van der Waals surface area (Å²) < 4.78 is 13.5. The Morgan fingerprint density at radius 1 is 0.944 bits per heavy atom. The van der Waals surface area contributed by atoms with E-state index >= 15 is 0 Å². The van der Waals surface area contributed by atoms with Gasteiger partial charge in [0.1, 0.15) is 11.9 Å². The third kappa shape index (κ3) is 3.07. The van der Waals surface area contributed by atoms with Crippen LogP contribution in [-0.4, -0.2) is 39.8 Å². The minimum Gasteiger partial charge on any atom is -0.292 e. The first-order valence-electron chi connectivity index (χ1n) is 11.2. The highest BCUT2D eigenvalue weighted by Crippen LogP contribution is 2.53. The summed E-state index contributed by atoms with van der Waals surface area (Å²) >= 11 is 0. The number of hydrazone groups is 1. The van der Waals surface area contributed by atoms with Crippen LogP contribution in [0.4, 0.5) is 15.8 Å². The zero-order valence-corrected chi connectivity index (χ0v) is 18.5. The highest BCUT2D eigenvalue weighted by atomic mass is 19.1. The standard InChI is InChI=1S/C26H17FN4O5/c27-16-10-8-14(9-11-16)24(32)23-21-20(22-19-7-2-1-4-15(19)13-28-30(22)23)25(33)29(26(21)34)17-5-3-6-18(12-17)31(35)36/h1-13,20-23H/t20-,21-,22+,23+/m0/s1. The largest absolute Gasteiger partial charge is 0.292 e. The van der Waals surface area contributed by atoms with Crippen LogP contribution < -0.4 is 4.90 Å². The molecule has 36 heavy (non-hydrogen) atoms. The Morgan fingerprint density at radius 3 is 2.42 bits per heavy atom. The third-order valence-electron chi connectivity index (χ3n) is 6.99. The van der Waals surface area contributed by atoms with Gasteiger partial charge in [0, 0.05) is 17.7 Å². The first-order chi connectivity index (χ1) is 17.4. The maximum Gasteiger partial charge on any atom is 0.271 e. The number of nitro benzene ring substituents is 1. The van der Waals surface area contributed by atoms with E-state index in [9.17, 15) is 28.9 Å². The second-order valence-corrected chi connectivity index (χ2v) is 8.85. The summed E-state index contributed by atoms with van der Waals surface area (Å²) in [6.45, 7) is 0.